The standard InChI is InChI=1S/C12H17IO2/c1-12(2,3)6-7-15-9-4-5-11(14)10(13)8-9/h4-5,8,14H,6-7H2,1-3H3. The van der Waals surface area contributed by atoms with Gasteiger partial charge in [-0.2, -0.15) is 0 Å². The zero-order valence-corrected chi connectivity index (χ0v) is 11.5. The monoisotopic (exact) mass is 320 g/mol. The molecule has 0 bridgehead atoms. The van der Waals surface area contributed by atoms with E-state index in [4.69, 9.17) is 4.74 Å². The molecule has 0 atom stereocenters. The molecule has 1 rings (SSSR count). The number of phenols is 1. The van der Waals surface area contributed by atoms with Crippen LogP contribution in [0, 0.1) is 8.99 Å². The first kappa shape index (κ1) is 12.6. The molecule has 2 nitrogen and oxygen atoms in total. The van der Waals surface area contributed by atoms with Crippen molar-refractivity contribution in [2.75, 3.05) is 6.61 Å². The molecular formula is C12H17IO2. The lowest BCUT2D eigenvalue weighted by Crippen LogP contribution is -2.11. The Balaban J connectivity index is 2.48. The molecule has 0 aromatic heterocycles. The van der Waals surface area contributed by atoms with E-state index < -0.39 is 0 Å². The van der Waals surface area contributed by atoms with Crippen LogP contribution in [0.15, 0.2) is 18.2 Å². The smallest absolute Gasteiger partial charge is 0.129 e. The maximum absolute atomic E-state index is 9.34. The van der Waals surface area contributed by atoms with Gasteiger partial charge in [0.05, 0.1) is 10.2 Å². The van der Waals surface area contributed by atoms with Gasteiger partial charge in [0.25, 0.3) is 0 Å². The molecule has 0 unspecified atom stereocenters. The number of hydrogen-bond donors (Lipinski definition) is 1. The largest absolute Gasteiger partial charge is 0.507 e. The van der Waals surface area contributed by atoms with Gasteiger partial charge in [0.15, 0.2) is 0 Å². The summed E-state index contributed by atoms with van der Waals surface area (Å²) in [5.74, 6) is 1.13. The number of ether oxygens (including phenoxy) is 1. The van der Waals surface area contributed by atoms with E-state index in [0.29, 0.717) is 17.8 Å². The Morgan fingerprint density at radius 2 is 2.00 bits per heavy atom. The van der Waals surface area contributed by atoms with Gasteiger partial charge < -0.3 is 9.84 Å². The van der Waals surface area contributed by atoms with Crippen molar-refractivity contribution in [3.05, 3.63) is 21.8 Å². The van der Waals surface area contributed by atoms with Gasteiger partial charge in [-0.05, 0) is 52.6 Å². The van der Waals surface area contributed by atoms with Gasteiger partial charge in [-0.15, -0.1) is 0 Å². The van der Waals surface area contributed by atoms with E-state index in [1.165, 1.54) is 0 Å². The van der Waals surface area contributed by atoms with Crippen LogP contribution in [0.25, 0.3) is 0 Å². The van der Waals surface area contributed by atoms with Gasteiger partial charge >= 0.3 is 0 Å². The van der Waals surface area contributed by atoms with Gasteiger partial charge in [0.1, 0.15) is 11.5 Å². The number of benzene rings is 1. The molecule has 15 heavy (non-hydrogen) atoms. The van der Waals surface area contributed by atoms with Crippen LogP contribution in [0.5, 0.6) is 11.5 Å². The number of aromatic hydroxyl groups is 1. The Morgan fingerprint density at radius 3 is 2.53 bits per heavy atom. The summed E-state index contributed by atoms with van der Waals surface area (Å²) in [6, 6.07) is 5.30. The Morgan fingerprint density at radius 1 is 1.33 bits per heavy atom. The summed E-state index contributed by atoms with van der Waals surface area (Å²) in [7, 11) is 0. The number of rotatable bonds is 3. The fourth-order valence-electron chi connectivity index (χ4n) is 1.05. The average molecular weight is 320 g/mol. The molecule has 84 valence electrons. The molecular weight excluding hydrogens is 303 g/mol. The maximum Gasteiger partial charge on any atom is 0.129 e. The van der Waals surface area contributed by atoms with Crippen LogP contribution < -0.4 is 4.74 Å². The van der Waals surface area contributed by atoms with E-state index in [9.17, 15) is 5.11 Å². The van der Waals surface area contributed by atoms with E-state index in [0.717, 1.165) is 15.7 Å². The van der Waals surface area contributed by atoms with Crippen LogP contribution in [-0.4, -0.2) is 11.7 Å². The average Bonchev–Trinajstić information content (AvgIpc) is 2.09. The molecule has 0 aliphatic rings. The van der Waals surface area contributed by atoms with Crippen molar-refractivity contribution in [3.63, 3.8) is 0 Å². The predicted octanol–water partition coefficient (Wildman–Crippen LogP) is 3.81. The zero-order valence-electron chi connectivity index (χ0n) is 9.38. The Hall–Kier alpha value is -0.450. The molecule has 0 aliphatic heterocycles. The van der Waals surface area contributed by atoms with Crippen molar-refractivity contribution in [2.45, 2.75) is 27.2 Å². The van der Waals surface area contributed by atoms with Gasteiger partial charge in [0.2, 0.25) is 0 Å². The summed E-state index contributed by atoms with van der Waals surface area (Å²) in [5, 5.41) is 9.34. The van der Waals surface area contributed by atoms with Gasteiger partial charge in [-0.1, -0.05) is 20.8 Å². The molecule has 1 N–H and O–H groups in total. The Bertz CT molecular complexity index is 329. The lowest BCUT2D eigenvalue weighted by molar-refractivity contribution is 0.242. The molecule has 0 saturated heterocycles. The normalized spacial score (nSPS) is 11.5. The second-order valence-electron chi connectivity index (χ2n) is 4.77. The third-order valence-corrected chi connectivity index (χ3v) is 2.90. The fraction of sp³-hybridized carbons (Fsp3) is 0.500. The highest BCUT2D eigenvalue weighted by atomic mass is 127. The predicted molar refractivity (Wildman–Crippen MR) is 70.4 cm³/mol. The van der Waals surface area contributed by atoms with E-state index in [-0.39, 0.29) is 0 Å². The van der Waals surface area contributed by atoms with Crippen molar-refractivity contribution in [1.29, 1.82) is 0 Å². The molecule has 0 radical (unpaired) electrons. The van der Waals surface area contributed by atoms with E-state index in [1.807, 2.05) is 6.07 Å². The number of hydrogen-bond acceptors (Lipinski definition) is 2. The van der Waals surface area contributed by atoms with E-state index in [1.54, 1.807) is 12.1 Å². The van der Waals surface area contributed by atoms with Crippen LogP contribution in [0.3, 0.4) is 0 Å². The fourth-order valence-corrected chi connectivity index (χ4v) is 1.54. The SMILES string of the molecule is CC(C)(C)CCOc1ccc(O)c(I)c1. The second-order valence-corrected chi connectivity index (χ2v) is 5.93. The highest BCUT2D eigenvalue weighted by molar-refractivity contribution is 14.1. The molecule has 0 spiro atoms. The topological polar surface area (TPSA) is 29.5 Å². The molecule has 0 saturated carbocycles. The summed E-state index contributed by atoms with van der Waals surface area (Å²) in [6.07, 6.45) is 1.02. The van der Waals surface area contributed by atoms with Crippen LogP contribution in [0.1, 0.15) is 27.2 Å². The van der Waals surface area contributed by atoms with Crippen molar-refractivity contribution < 1.29 is 9.84 Å². The summed E-state index contributed by atoms with van der Waals surface area (Å²) < 4.78 is 6.42. The Labute approximate surface area is 105 Å². The maximum atomic E-state index is 9.34. The minimum Gasteiger partial charge on any atom is -0.507 e. The van der Waals surface area contributed by atoms with E-state index >= 15 is 0 Å². The first-order valence-corrected chi connectivity index (χ1v) is 6.08. The number of halogens is 1. The zero-order chi connectivity index (χ0) is 11.5. The minimum absolute atomic E-state index is 0.296. The van der Waals surface area contributed by atoms with Crippen molar-refractivity contribution in [3.8, 4) is 11.5 Å². The highest BCUT2D eigenvalue weighted by Gasteiger charge is 2.10. The summed E-state index contributed by atoms with van der Waals surface area (Å²) in [5.41, 5.74) is 0.296. The summed E-state index contributed by atoms with van der Waals surface area (Å²) in [6.45, 7) is 7.29. The first-order chi connectivity index (χ1) is 6.88. The lowest BCUT2D eigenvalue weighted by Gasteiger charge is -2.18. The highest BCUT2D eigenvalue weighted by Crippen LogP contribution is 2.25. The minimum atomic E-state index is 0.296. The van der Waals surface area contributed by atoms with Crippen molar-refractivity contribution in [2.24, 2.45) is 5.41 Å². The van der Waals surface area contributed by atoms with Gasteiger partial charge in [0, 0.05) is 0 Å². The summed E-state index contributed by atoms with van der Waals surface area (Å²) in [4.78, 5) is 0. The number of phenolic OH excluding ortho intramolecular Hbond substituents is 1. The van der Waals surface area contributed by atoms with E-state index in [2.05, 4.69) is 43.4 Å². The molecule has 1 aromatic carbocycles. The second kappa shape index (κ2) is 5.05. The third-order valence-electron chi connectivity index (χ3n) is 2.04. The molecule has 0 aliphatic carbocycles. The lowest BCUT2D eigenvalue weighted by atomic mass is 9.93. The van der Waals surface area contributed by atoms with Gasteiger partial charge in [-0.25, -0.2) is 0 Å². The van der Waals surface area contributed by atoms with Crippen LogP contribution in [-0.2, 0) is 0 Å². The van der Waals surface area contributed by atoms with Crippen LogP contribution >= 0.6 is 22.6 Å². The molecule has 0 fully saturated rings. The molecule has 3 heteroatoms. The quantitative estimate of drug-likeness (QED) is 0.858. The van der Waals surface area contributed by atoms with Crippen LogP contribution in [0.4, 0.5) is 0 Å². The molecule has 0 amide bonds. The first-order valence-electron chi connectivity index (χ1n) is 5.00. The van der Waals surface area contributed by atoms with Crippen LogP contribution in [0.2, 0.25) is 0 Å². The van der Waals surface area contributed by atoms with Gasteiger partial charge in [-0.3, -0.25) is 0 Å². The third kappa shape index (κ3) is 4.73. The van der Waals surface area contributed by atoms with Crippen molar-refractivity contribution >= 4 is 22.6 Å². The molecule has 1 aromatic rings. The summed E-state index contributed by atoms with van der Waals surface area (Å²) >= 11 is 2.09. The Kier molecular flexibility index (Phi) is 4.25. The van der Waals surface area contributed by atoms with Crippen molar-refractivity contribution in [1.82, 2.24) is 0 Å². The molecule has 0 heterocycles.